The Morgan fingerprint density at radius 1 is 1.26 bits per heavy atom. The van der Waals surface area contributed by atoms with E-state index in [-0.39, 0.29) is 5.91 Å². The molecule has 1 fully saturated rings. The Hall–Kier alpha value is -1.82. The SMILES string of the molecule is Cc1cc(C)cc(CSc2nnc(CCC(N)=O)n2C2CC2)c1. The van der Waals surface area contributed by atoms with E-state index in [9.17, 15) is 4.79 Å². The quantitative estimate of drug-likeness (QED) is 0.792. The first-order valence-electron chi connectivity index (χ1n) is 7.95. The Kier molecular flexibility index (Phi) is 4.71. The van der Waals surface area contributed by atoms with E-state index in [1.54, 1.807) is 11.8 Å². The van der Waals surface area contributed by atoms with Gasteiger partial charge in [-0.05, 0) is 32.3 Å². The van der Waals surface area contributed by atoms with Crippen LogP contribution in [0.25, 0.3) is 0 Å². The summed E-state index contributed by atoms with van der Waals surface area (Å²) >= 11 is 1.71. The summed E-state index contributed by atoms with van der Waals surface area (Å²) in [7, 11) is 0. The van der Waals surface area contributed by atoms with Crippen LogP contribution in [-0.4, -0.2) is 20.7 Å². The Labute approximate surface area is 140 Å². The highest BCUT2D eigenvalue weighted by Crippen LogP contribution is 2.39. The Balaban J connectivity index is 1.73. The Morgan fingerprint density at radius 3 is 2.57 bits per heavy atom. The molecule has 1 aliphatic carbocycles. The van der Waals surface area contributed by atoms with Crippen LogP contribution in [0.2, 0.25) is 0 Å². The topological polar surface area (TPSA) is 73.8 Å². The van der Waals surface area contributed by atoms with Gasteiger partial charge in [-0.15, -0.1) is 10.2 Å². The van der Waals surface area contributed by atoms with E-state index in [2.05, 4.69) is 46.8 Å². The van der Waals surface area contributed by atoms with Gasteiger partial charge in [-0.1, -0.05) is 41.1 Å². The second kappa shape index (κ2) is 6.74. The molecule has 0 bridgehead atoms. The second-order valence-corrected chi connectivity index (χ2v) is 7.19. The van der Waals surface area contributed by atoms with Crippen LogP contribution in [0.5, 0.6) is 0 Å². The van der Waals surface area contributed by atoms with Gasteiger partial charge >= 0.3 is 0 Å². The number of hydrogen-bond donors (Lipinski definition) is 1. The fourth-order valence-electron chi connectivity index (χ4n) is 2.81. The maximum Gasteiger partial charge on any atom is 0.217 e. The van der Waals surface area contributed by atoms with Gasteiger partial charge in [0.1, 0.15) is 5.82 Å². The third kappa shape index (κ3) is 4.13. The lowest BCUT2D eigenvalue weighted by molar-refractivity contribution is -0.118. The highest BCUT2D eigenvalue weighted by atomic mass is 32.2. The summed E-state index contributed by atoms with van der Waals surface area (Å²) in [4.78, 5) is 11.0. The smallest absolute Gasteiger partial charge is 0.217 e. The van der Waals surface area contributed by atoms with Gasteiger partial charge in [0.2, 0.25) is 5.91 Å². The van der Waals surface area contributed by atoms with Crippen molar-refractivity contribution in [2.75, 3.05) is 0 Å². The summed E-state index contributed by atoms with van der Waals surface area (Å²) in [6.45, 7) is 4.24. The minimum atomic E-state index is -0.292. The summed E-state index contributed by atoms with van der Waals surface area (Å²) in [5.41, 5.74) is 9.12. The number of nitrogens with two attached hydrogens (primary N) is 1. The normalized spacial score (nSPS) is 14.2. The van der Waals surface area contributed by atoms with E-state index in [1.807, 2.05) is 0 Å². The first-order valence-corrected chi connectivity index (χ1v) is 8.93. The van der Waals surface area contributed by atoms with Crippen LogP contribution < -0.4 is 5.73 Å². The average Bonchev–Trinajstić information content (AvgIpc) is 3.22. The zero-order valence-electron chi connectivity index (χ0n) is 13.6. The molecule has 1 saturated carbocycles. The van der Waals surface area contributed by atoms with Crippen LogP contribution >= 0.6 is 11.8 Å². The van der Waals surface area contributed by atoms with Crippen molar-refractivity contribution in [2.24, 2.45) is 5.73 Å². The van der Waals surface area contributed by atoms with Crippen LogP contribution in [0.15, 0.2) is 23.4 Å². The molecule has 2 N–H and O–H groups in total. The number of hydrogen-bond acceptors (Lipinski definition) is 4. The van der Waals surface area contributed by atoms with Gasteiger partial charge in [-0.25, -0.2) is 0 Å². The van der Waals surface area contributed by atoms with Gasteiger partial charge in [0, 0.05) is 24.6 Å². The second-order valence-electron chi connectivity index (χ2n) is 6.25. The molecule has 0 atom stereocenters. The number of primary amides is 1. The number of carbonyl (C=O) groups excluding carboxylic acids is 1. The molecule has 1 aromatic carbocycles. The minimum Gasteiger partial charge on any atom is -0.370 e. The van der Waals surface area contributed by atoms with E-state index in [1.165, 1.54) is 29.5 Å². The first-order chi connectivity index (χ1) is 11.0. The van der Waals surface area contributed by atoms with E-state index >= 15 is 0 Å². The summed E-state index contributed by atoms with van der Waals surface area (Å²) in [5, 5.41) is 9.57. The molecule has 0 spiro atoms. The summed E-state index contributed by atoms with van der Waals surface area (Å²) in [5.74, 6) is 1.47. The Bertz CT molecular complexity index is 701. The molecular formula is C17H22N4OS. The fraction of sp³-hybridized carbons (Fsp3) is 0.471. The van der Waals surface area contributed by atoms with Crippen LogP contribution in [0.3, 0.4) is 0 Å². The number of aromatic nitrogens is 3. The van der Waals surface area contributed by atoms with Gasteiger partial charge in [0.25, 0.3) is 0 Å². The van der Waals surface area contributed by atoms with Crippen molar-refractivity contribution in [3.63, 3.8) is 0 Å². The van der Waals surface area contributed by atoms with E-state index in [0.29, 0.717) is 18.9 Å². The number of aryl methyl sites for hydroxylation is 3. The maximum atomic E-state index is 11.0. The fourth-order valence-corrected chi connectivity index (χ4v) is 3.77. The molecule has 1 heterocycles. The molecule has 2 aromatic rings. The average molecular weight is 330 g/mol. The van der Waals surface area contributed by atoms with Crippen molar-refractivity contribution < 1.29 is 4.79 Å². The van der Waals surface area contributed by atoms with Crippen molar-refractivity contribution in [1.82, 2.24) is 14.8 Å². The van der Waals surface area contributed by atoms with E-state index in [0.717, 1.165) is 16.7 Å². The minimum absolute atomic E-state index is 0.292. The van der Waals surface area contributed by atoms with Crippen molar-refractivity contribution >= 4 is 17.7 Å². The molecule has 0 unspecified atom stereocenters. The van der Waals surface area contributed by atoms with E-state index in [4.69, 9.17) is 5.73 Å². The molecule has 0 aliphatic heterocycles. The van der Waals surface area contributed by atoms with Crippen LogP contribution in [0.1, 0.15) is 47.8 Å². The van der Waals surface area contributed by atoms with Gasteiger partial charge in [-0.2, -0.15) is 0 Å². The lowest BCUT2D eigenvalue weighted by Crippen LogP contribution is -2.13. The van der Waals surface area contributed by atoms with Crippen molar-refractivity contribution in [3.8, 4) is 0 Å². The lowest BCUT2D eigenvalue weighted by atomic mass is 10.1. The molecule has 122 valence electrons. The molecule has 23 heavy (non-hydrogen) atoms. The molecule has 1 aliphatic rings. The number of amides is 1. The maximum absolute atomic E-state index is 11.0. The molecule has 1 aromatic heterocycles. The van der Waals surface area contributed by atoms with Crippen molar-refractivity contribution in [2.45, 2.75) is 56.5 Å². The highest BCUT2D eigenvalue weighted by Gasteiger charge is 2.29. The Morgan fingerprint density at radius 2 is 1.96 bits per heavy atom. The van der Waals surface area contributed by atoms with Crippen LogP contribution in [0.4, 0.5) is 0 Å². The highest BCUT2D eigenvalue weighted by molar-refractivity contribution is 7.98. The number of benzene rings is 1. The van der Waals surface area contributed by atoms with Crippen LogP contribution in [0, 0.1) is 13.8 Å². The summed E-state index contributed by atoms with van der Waals surface area (Å²) in [6, 6.07) is 7.11. The number of carbonyl (C=O) groups is 1. The molecule has 6 heteroatoms. The van der Waals surface area contributed by atoms with Gasteiger partial charge < -0.3 is 10.3 Å². The third-order valence-electron chi connectivity index (χ3n) is 3.89. The van der Waals surface area contributed by atoms with Crippen LogP contribution in [-0.2, 0) is 17.0 Å². The largest absolute Gasteiger partial charge is 0.370 e. The molecule has 1 amide bonds. The summed E-state index contributed by atoms with van der Waals surface area (Å²) in [6.07, 6.45) is 3.23. The first kappa shape index (κ1) is 16.1. The van der Waals surface area contributed by atoms with E-state index < -0.39 is 0 Å². The predicted octanol–water partition coefficient (Wildman–Crippen LogP) is 2.94. The van der Waals surface area contributed by atoms with Gasteiger partial charge in [-0.3, -0.25) is 4.79 Å². The predicted molar refractivity (Wildman–Crippen MR) is 91.3 cm³/mol. The number of rotatable bonds is 7. The number of nitrogens with zero attached hydrogens (tertiary/aromatic N) is 3. The monoisotopic (exact) mass is 330 g/mol. The standard InChI is InChI=1S/C17H22N4OS/c1-11-7-12(2)9-13(8-11)10-23-17-20-19-16(6-5-15(18)22)21(17)14-3-4-14/h7-9,14H,3-6,10H2,1-2H3,(H2,18,22). The third-order valence-corrected chi connectivity index (χ3v) is 4.91. The van der Waals surface area contributed by atoms with Crippen molar-refractivity contribution in [1.29, 1.82) is 0 Å². The zero-order valence-corrected chi connectivity index (χ0v) is 14.4. The molecule has 5 nitrogen and oxygen atoms in total. The lowest BCUT2D eigenvalue weighted by Gasteiger charge is -2.09. The molecule has 0 radical (unpaired) electrons. The van der Waals surface area contributed by atoms with Gasteiger partial charge in [0.05, 0.1) is 0 Å². The van der Waals surface area contributed by atoms with Crippen molar-refractivity contribution in [3.05, 3.63) is 40.7 Å². The summed E-state index contributed by atoms with van der Waals surface area (Å²) < 4.78 is 2.20. The molecular weight excluding hydrogens is 308 g/mol. The number of thioether (sulfide) groups is 1. The molecule has 3 rings (SSSR count). The zero-order chi connectivity index (χ0) is 16.4. The molecule has 0 saturated heterocycles. The van der Waals surface area contributed by atoms with Gasteiger partial charge in [0.15, 0.2) is 5.16 Å².